The maximum atomic E-state index is 5.80. The minimum absolute atomic E-state index is 0.576. The summed E-state index contributed by atoms with van der Waals surface area (Å²) in [4.78, 5) is 0. The summed E-state index contributed by atoms with van der Waals surface area (Å²) in [5.41, 5.74) is 7.45. The molecule has 2 rings (SSSR count). The summed E-state index contributed by atoms with van der Waals surface area (Å²) in [5, 5.41) is 7.83. The van der Waals surface area contributed by atoms with Crippen LogP contribution in [0.4, 0.5) is 5.82 Å². The second-order valence-electron chi connectivity index (χ2n) is 2.95. The monoisotopic (exact) mass is 252 g/mol. The largest absolute Gasteiger partial charge is 0.382 e. The number of aryl methyl sites for hydroxylation is 1. The molecule has 0 spiro atoms. The Bertz CT molecular complexity index is 446. The van der Waals surface area contributed by atoms with Crippen molar-refractivity contribution in [3.8, 4) is 5.69 Å². The van der Waals surface area contributed by atoms with Crippen molar-refractivity contribution in [2.24, 2.45) is 0 Å². The van der Waals surface area contributed by atoms with E-state index in [-0.39, 0.29) is 0 Å². The number of hydrogen-bond donors (Lipinski definition) is 1. The third kappa shape index (κ3) is 1.50. The fourth-order valence-corrected chi connectivity index (χ4v) is 1.40. The Hall–Kier alpha value is -1.36. The molecule has 0 fully saturated rings. The number of nitrogen functional groups attached to an aromatic ring is 1. The van der Waals surface area contributed by atoms with Crippen LogP contribution in [0.2, 0.25) is 0 Å². The van der Waals surface area contributed by atoms with Crippen molar-refractivity contribution >= 4 is 21.7 Å². The van der Waals surface area contributed by atoms with E-state index in [9.17, 15) is 0 Å². The molecule has 5 heteroatoms. The maximum absolute atomic E-state index is 5.80. The third-order valence-corrected chi connectivity index (χ3v) is 2.48. The van der Waals surface area contributed by atoms with E-state index >= 15 is 0 Å². The number of aromatic nitrogens is 3. The first-order valence-electron chi connectivity index (χ1n) is 4.12. The zero-order valence-corrected chi connectivity index (χ0v) is 9.19. The molecule has 0 saturated carbocycles. The van der Waals surface area contributed by atoms with Gasteiger partial charge in [-0.15, -0.1) is 5.10 Å². The molecule has 1 aromatic carbocycles. The first kappa shape index (κ1) is 9.21. The molecule has 0 atom stereocenters. The van der Waals surface area contributed by atoms with Crippen LogP contribution in [0, 0.1) is 6.92 Å². The highest BCUT2D eigenvalue weighted by atomic mass is 79.9. The van der Waals surface area contributed by atoms with E-state index in [1.54, 1.807) is 4.68 Å². The van der Waals surface area contributed by atoms with Gasteiger partial charge in [0.1, 0.15) is 5.69 Å². The van der Waals surface area contributed by atoms with Gasteiger partial charge in [-0.2, -0.15) is 4.68 Å². The Labute approximate surface area is 89.9 Å². The number of nitrogens with zero attached hydrogens (tertiary/aromatic N) is 3. The van der Waals surface area contributed by atoms with Gasteiger partial charge in [0.25, 0.3) is 0 Å². The highest BCUT2D eigenvalue weighted by Gasteiger charge is 2.06. The van der Waals surface area contributed by atoms with Crippen molar-refractivity contribution < 1.29 is 0 Å². The number of nitrogens with two attached hydrogens (primary N) is 1. The molecule has 1 heterocycles. The molecule has 0 unspecified atom stereocenters. The van der Waals surface area contributed by atoms with Crippen LogP contribution in [0.5, 0.6) is 0 Å². The van der Waals surface area contributed by atoms with E-state index in [1.165, 1.54) is 0 Å². The molecular weight excluding hydrogens is 244 g/mol. The lowest BCUT2D eigenvalue weighted by Crippen LogP contribution is -2.01. The summed E-state index contributed by atoms with van der Waals surface area (Å²) in [6, 6.07) is 7.72. The molecule has 0 amide bonds. The molecule has 0 aliphatic rings. The van der Waals surface area contributed by atoms with Crippen LogP contribution in [0.1, 0.15) is 5.69 Å². The first-order valence-corrected chi connectivity index (χ1v) is 4.91. The molecule has 0 radical (unpaired) electrons. The second kappa shape index (κ2) is 3.42. The lowest BCUT2D eigenvalue weighted by atomic mass is 10.3. The van der Waals surface area contributed by atoms with Crippen molar-refractivity contribution in [3.63, 3.8) is 0 Å². The van der Waals surface area contributed by atoms with Gasteiger partial charge in [0.15, 0.2) is 5.82 Å². The van der Waals surface area contributed by atoms with Crippen molar-refractivity contribution in [1.29, 1.82) is 0 Å². The van der Waals surface area contributed by atoms with Gasteiger partial charge in [0.05, 0.1) is 5.69 Å². The molecule has 0 aliphatic heterocycles. The molecule has 72 valence electrons. The summed E-state index contributed by atoms with van der Waals surface area (Å²) >= 11 is 3.37. The van der Waals surface area contributed by atoms with Gasteiger partial charge in [-0.3, -0.25) is 0 Å². The van der Waals surface area contributed by atoms with E-state index < -0.39 is 0 Å². The van der Waals surface area contributed by atoms with E-state index in [0.29, 0.717) is 5.82 Å². The average molecular weight is 253 g/mol. The van der Waals surface area contributed by atoms with Crippen molar-refractivity contribution in [2.45, 2.75) is 6.92 Å². The number of rotatable bonds is 1. The van der Waals surface area contributed by atoms with Crippen LogP contribution in [0.25, 0.3) is 5.69 Å². The smallest absolute Gasteiger partial charge is 0.150 e. The zero-order chi connectivity index (χ0) is 10.1. The Morgan fingerprint density at radius 2 is 1.93 bits per heavy atom. The van der Waals surface area contributed by atoms with Gasteiger partial charge in [-0.1, -0.05) is 21.1 Å². The number of hydrogen-bond acceptors (Lipinski definition) is 3. The maximum Gasteiger partial charge on any atom is 0.150 e. The minimum atomic E-state index is 0.576. The molecule has 0 saturated heterocycles. The molecule has 0 bridgehead atoms. The Kier molecular flexibility index (Phi) is 2.25. The zero-order valence-electron chi connectivity index (χ0n) is 7.61. The molecule has 2 aromatic rings. The van der Waals surface area contributed by atoms with Crippen LogP contribution in [-0.2, 0) is 0 Å². The number of anilines is 1. The van der Waals surface area contributed by atoms with Crippen LogP contribution < -0.4 is 5.73 Å². The van der Waals surface area contributed by atoms with Gasteiger partial charge in [0.2, 0.25) is 0 Å². The minimum Gasteiger partial charge on any atom is -0.382 e. The molecule has 2 N–H and O–H groups in total. The van der Waals surface area contributed by atoms with Gasteiger partial charge < -0.3 is 5.73 Å². The molecule has 4 nitrogen and oxygen atoms in total. The summed E-state index contributed by atoms with van der Waals surface area (Å²) in [6.07, 6.45) is 0. The van der Waals surface area contributed by atoms with Gasteiger partial charge in [-0.25, -0.2) is 0 Å². The van der Waals surface area contributed by atoms with E-state index in [0.717, 1.165) is 15.9 Å². The van der Waals surface area contributed by atoms with Crippen LogP contribution in [0.15, 0.2) is 28.7 Å². The number of halogens is 1. The molecule has 0 aliphatic carbocycles. The standard InChI is InChI=1S/C9H9BrN4/c1-6-9(11)14(13-12-6)8-4-2-7(10)3-5-8/h2-5H,11H2,1H3. The first-order chi connectivity index (χ1) is 6.68. The predicted octanol–water partition coefficient (Wildman–Crippen LogP) is 1.92. The quantitative estimate of drug-likeness (QED) is 0.844. The fraction of sp³-hybridized carbons (Fsp3) is 0.111. The highest BCUT2D eigenvalue weighted by Crippen LogP contribution is 2.16. The van der Waals surface area contributed by atoms with Crippen LogP contribution in [0.3, 0.4) is 0 Å². The second-order valence-corrected chi connectivity index (χ2v) is 3.86. The molecule has 1 aromatic heterocycles. The summed E-state index contributed by atoms with van der Waals surface area (Å²) < 4.78 is 2.64. The third-order valence-electron chi connectivity index (χ3n) is 1.95. The van der Waals surface area contributed by atoms with E-state index in [4.69, 9.17) is 5.73 Å². The van der Waals surface area contributed by atoms with E-state index in [1.807, 2.05) is 31.2 Å². The van der Waals surface area contributed by atoms with Crippen LogP contribution >= 0.6 is 15.9 Å². The van der Waals surface area contributed by atoms with Gasteiger partial charge in [0, 0.05) is 4.47 Å². The number of benzene rings is 1. The van der Waals surface area contributed by atoms with Gasteiger partial charge in [-0.05, 0) is 31.2 Å². The lowest BCUT2D eigenvalue weighted by Gasteiger charge is -2.02. The predicted molar refractivity (Wildman–Crippen MR) is 58.2 cm³/mol. The van der Waals surface area contributed by atoms with Crippen LogP contribution in [-0.4, -0.2) is 15.0 Å². The fourth-order valence-electron chi connectivity index (χ4n) is 1.14. The summed E-state index contributed by atoms with van der Waals surface area (Å²) in [6.45, 7) is 1.83. The summed E-state index contributed by atoms with van der Waals surface area (Å²) in [7, 11) is 0. The Morgan fingerprint density at radius 3 is 2.43 bits per heavy atom. The van der Waals surface area contributed by atoms with Gasteiger partial charge >= 0.3 is 0 Å². The molecule has 14 heavy (non-hydrogen) atoms. The normalized spacial score (nSPS) is 10.4. The summed E-state index contributed by atoms with van der Waals surface area (Å²) in [5.74, 6) is 0.576. The molecular formula is C9H9BrN4. The van der Waals surface area contributed by atoms with Crippen molar-refractivity contribution in [3.05, 3.63) is 34.4 Å². The van der Waals surface area contributed by atoms with Crippen molar-refractivity contribution in [2.75, 3.05) is 5.73 Å². The SMILES string of the molecule is Cc1nnn(-c2ccc(Br)cc2)c1N. The Morgan fingerprint density at radius 1 is 1.29 bits per heavy atom. The lowest BCUT2D eigenvalue weighted by molar-refractivity contribution is 0.806. The highest BCUT2D eigenvalue weighted by molar-refractivity contribution is 9.10. The van der Waals surface area contributed by atoms with Crippen molar-refractivity contribution in [1.82, 2.24) is 15.0 Å². The average Bonchev–Trinajstić information content (AvgIpc) is 2.50. The Balaban J connectivity index is 2.49. The topological polar surface area (TPSA) is 56.7 Å². The van der Waals surface area contributed by atoms with E-state index in [2.05, 4.69) is 26.2 Å².